The van der Waals surface area contributed by atoms with Crippen molar-refractivity contribution in [3.05, 3.63) is 156 Å². The number of anilines is 1. The average molecular weight is 706 g/mol. The lowest BCUT2D eigenvalue weighted by atomic mass is 9.77. The molecule has 4 aromatic carbocycles. The van der Waals surface area contributed by atoms with E-state index in [4.69, 9.17) is 14.6 Å². The number of nitrogens with one attached hydrogen (secondary N) is 1. The zero-order valence-corrected chi connectivity index (χ0v) is 30.5. The number of carbonyl (C=O) groups is 2. The summed E-state index contributed by atoms with van der Waals surface area (Å²) in [6.07, 6.45) is 3.54. The van der Waals surface area contributed by atoms with Gasteiger partial charge in [-0.1, -0.05) is 91.0 Å². The van der Waals surface area contributed by atoms with E-state index in [1.165, 1.54) is 0 Å². The van der Waals surface area contributed by atoms with Crippen LogP contribution in [0.15, 0.2) is 139 Å². The van der Waals surface area contributed by atoms with Gasteiger partial charge in [-0.05, 0) is 80.6 Å². The summed E-state index contributed by atoms with van der Waals surface area (Å²) < 4.78 is 13.4. The highest BCUT2D eigenvalue weighted by atomic mass is 16.6. The van der Waals surface area contributed by atoms with Gasteiger partial charge >= 0.3 is 6.09 Å². The van der Waals surface area contributed by atoms with Gasteiger partial charge in [-0.3, -0.25) is 4.79 Å². The number of rotatable bonds is 9. The SMILES string of the molecule is CCOc1cc(-c2nn(C(c3ccccc3)(c3ccccc3)c3ccccc3)c3ccc(NC(=O)C=C4CCN(C(=O)OC(C)(C)C)C4)cc23)ccn1. The third-order valence-corrected chi connectivity index (χ3v) is 9.22. The van der Waals surface area contributed by atoms with Crippen LogP contribution in [0.1, 0.15) is 50.8 Å². The number of pyridine rings is 1. The van der Waals surface area contributed by atoms with Gasteiger partial charge in [0, 0.05) is 48.1 Å². The minimum absolute atomic E-state index is 0.269. The monoisotopic (exact) mass is 705 g/mol. The summed E-state index contributed by atoms with van der Waals surface area (Å²) in [6, 6.07) is 41.0. The molecule has 0 unspecified atom stereocenters. The molecule has 0 atom stereocenters. The Morgan fingerprint density at radius 1 is 0.830 bits per heavy atom. The highest BCUT2D eigenvalue weighted by Gasteiger charge is 2.41. The van der Waals surface area contributed by atoms with E-state index in [2.05, 4.69) is 87.8 Å². The Balaban J connectivity index is 1.36. The molecule has 268 valence electrons. The van der Waals surface area contributed by atoms with Crippen molar-refractivity contribution >= 4 is 28.6 Å². The fourth-order valence-electron chi connectivity index (χ4n) is 7.00. The van der Waals surface area contributed by atoms with Gasteiger partial charge in [-0.15, -0.1) is 0 Å². The number of carbonyl (C=O) groups excluding carboxylic acids is 2. The molecular weight excluding hydrogens is 663 g/mol. The fourth-order valence-corrected chi connectivity index (χ4v) is 7.00. The number of ether oxygens (including phenoxy) is 2. The standard InChI is InChI=1S/C44H43N5O4/c1-5-52-40-28-32(23-25-45-40)41-37-29-36(46-39(50)27-31-24-26-48(30-31)42(51)53-43(2,3)4)21-22-38(37)49(47-41)44(33-15-9-6-10-16-33,34-17-11-7-12-18-34)35-19-13-8-14-20-35/h6-23,25,27-29H,5,24,26,30H2,1-4H3,(H,46,50). The molecule has 7 rings (SSSR count). The number of likely N-dealkylation sites (tertiary alicyclic amines) is 1. The second-order valence-electron chi connectivity index (χ2n) is 14.1. The molecule has 2 amide bonds. The normalized spacial score (nSPS) is 14.0. The zero-order chi connectivity index (χ0) is 37.0. The van der Waals surface area contributed by atoms with Crippen LogP contribution < -0.4 is 10.1 Å². The van der Waals surface area contributed by atoms with Crippen LogP contribution in [0, 0.1) is 0 Å². The Morgan fingerprint density at radius 2 is 1.45 bits per heavy atom. The molecule has 6 aromatic rings. The molecule has 9 nitrogen and oxygen atoms in total. The van der Waals surface area contributed by atoms with E-state index in [1.54, 1.807) is 17.2 Å². The molecule has 1 aliphatic rings. The summed E-state index contributed by atoms with van der Waals surface area (Å²) in [6.45, 7) is 8.79. The van der Waals surface area contributed by atoms with E-state index in [-0.39, 0.29) is 12.0 Å². The maximum absolute atomic E-state index is 13.4. The second-order valence-corrected chi connectivity index (χ2v) is 14.1. The Morgan fingerprint density at radius 3 is 2.04 bits per heavy atom. The molecule has 9 heteroatoms. The van der Waals surface area contributed by atoms with Crippen LogP contribution in [0.5, 0.6) is 5.88 Å². The molecule has 1 saturated heterocycles. The maximum Gasteiger partial charge on any atom is 0.410 e. The largest absolute Gasteiger partial charge is 0.478 e. The Hall–Kier alpha value is -6.22. The molecule has 0 radical (unpaired) electrons. The summed E-state index contributed by atoms with van der Waals surface area (Å²) >= 11 is 0. The Bertz CT molecular complexity index is 2160. The molecule has 0 saturated carbocycles. The summed E-state index contributed by atoms with van der Waals surface area (Å²) in [5.41, 5.74) is 5.56. The third-order valence-electron chi connectivity index (χ3n) is 9.22. The zero-order valence-electron chi connectivity index (χ0n) is 30.5. The van der Waals surface area contributed by atoms with Crippen LogP contribution in [0.2, 0.25) is 0 Å². The summed E-state index contributed by atoms with van der Waals surface area (Å²) in [4.78, 5) is 32.1. The lowest BCUT2D eigenvalue weighted by Crippen LogP contribution is -2.38. The Kier molecular flexibility index (Phi) is 9.82. The van der Waals surface area contributed by atoms with Gasteiger partial charge in [0.2, 0.25) is 11.8 Å². The first kappa shape index (κ1) is 35.2. The van der Waals surface area contributed by atoms with E-state index in [9.17, 15) is 9.59 Å². The van der Waals surface area contributed by atoms with Gasteiger partial charge in [0.05, 0.1) is 12.1 Å². The lowest BCUT2D eigenvalue weighted by Gasteiger charge is -2.37. The van der Waals surface area contributed by atoms with Crippen molar-refractivity contribution in [1.29, 1.82) is 0 Å². The van der Waals surface area contributed by atoms with Crippen molar-refractivity contribution in [3.63, 3.8) is 0 Å². The van der Waals surface area contributed by atoms with Crippen LogP contribution in [-0.2, 0) is 15.1 Å². The molecule has 53 heavy (non-hydrogen) atoms. The molecule has 0 bridgehead atoms. The molecule has 1 fully saturated rings. The number of amides is 2. The average Bonchev–Trinajstić information content (AvgIpc) is 3.78. The minimum Gasteiger partial charge on any atom is -0.478 e. The van der Waals surface area contributed by atoms with Crippen LogP contribution in [0.3, 0.4) is 0 Å². The fraction of sp³-hybridized carbons (Fsp3) is 0.227. The van der Waals surface area contributed by atoms with Crippen molar-refractivity contribution < 1.29 is 19.1 Å². The van der Waals surface area contributed by atoms with E-state index >= 15 is 0 Å². The molecule has 3 heterocycles. The van der Waals surface area contributed by atoms with Gasteiger partial charge in [0.25, 0.3) is 0 Å². The first-order chi connectivity index (χ1) is 25.7. The number of nitrogens with zero attached hydrogens (tertiary/aromatic N) is 4. The van der Waals surface area contributed by atoms with Gasteiger partial charge in [0.15, 0.2) is 0 Å². The molecule has 0 aliphatic carbocycles. The number of hydrogen-bond acceptors (Lipinski definition) is 6. The van der Waals surface area contributed by atoms with E-state index in [1.807, 2.05) is 76.2 Å². The molecule has 0 spiro atoms. The maximum atomic E-state index is 13.4. The number of aromatic nitrogens is 3. The number of fused-ring (bicyclic) bond motifs is 1. The smallest absolute Gasteiger partial charge is 0.410 e. The van der Waals surface area contributed by atoms with Crippen molar-refractivity contribution in [2.24, 2.45) is 0 Å². The predicted octanol–water partition coefficient (Wildman–Crippen LogP) is 8.84. The molecule has 1 N–H and O–H groups in total. The molecule has 2 aromatic heterocycles. The minimum atomic E-state index is -0.867. The van der Waals surface area contributed by atoms with E-state index in [0.717, 1.165) is 38.7 Å². The van der Waals surface area contributed by atoms with E-state index in [0.29, 0.717) is 43.4 Å². The number of hydrogen-bond donors (Lipinski definition) is 1. The lowest BCUT2D eigenvalue weighted by molar-refractivity contribution is -0.112. The Labute approximate surface area is 309 Å². The van der Waals surface area contributed by atoms with Gasteiger partial charge in [-0.2, -0.15) is 5.10 Å². The summed E-state index contributed by atoms with van der Waals surface area (Å²) in [5.74, 6) is 0.232. The third kappa shape index (κ3) is 7.28. The summed E-state index contributed by atoms with van der Waals surface area (Å²) in [7, 11) is 0. The summed E-state index contributed by atoms with van der Waals surface area (Å²) in [5, 5.41) is 9.39. The highest BCUT2D eigenvalue weighted by molar-refractivity contribution is 6.03. The van der Waals surface area contributed by atoms with Gasteiger partial charge < -0.3 is 19.7 Å². The van der Waals surface area contributed by atoms with E-state index < -0.39 is 11.1 Å². The first-order valence-electron chi connectivity index (χ1n) is 17.9. The van der Waals surface area contributed by atoms with Gasteiger partial charge in [0.1, 0.15) is 16.8 Å². The second kappa shape index (κ2) is 14.8. The van der Waals surface area contributed by atoms with Crippen molar-refractivity contribution in [2.45, 2.75) is 45.3 Å². The molecular formula is C44H43N5O4. The van der Waals surface area contributed by atoms with Crippen LogP contribution in [0.25, 0.3) is 22.2 Å². The van der Waals surface area contributed by atoms with Crippen molar-refractivity contribution in [3.8, 4) is 17.1 Å². The van der Waals surface area contributed by atoms with Crippen LogP contribution in [-0.4, -0.2) is 57.0 Å². The van der Waals surface area contributed by atoms with Gasteiger partial charge in [-0.25, -0.2) is 14.5 Å². The van der Waals surface area contributed by atoms with Crippen LogP contribution in [0.4, 0.5) is 10.5 Å². The van der Waals surface area contributed by atoms with Crippen molar-refractivity contribution in [2.75, 3.05) is 25.0 Å². The quantitative estimate of drug-likeness (QED) is 0.119. The molecule has 1 aliphatic heterocycles. The van der Waals surface area contributed by atoms with Crippen molar-refractivity contribution in [1.82, 2.24) is 19.7 Å². The number of benzene rings is 4. The predicted molar refractivity (Wildman–Crippen MR) is 208 cm³/mol. The highest BCUT2D eigenvalue weighted by Crippen LogP contribution is 2.44. The topological polar surface area (TPSA) is 98.6 Å². The first-order valence-corrected chi connectivity index (χ1v) is 17.9. The van der Waals surface area contributed by atoms with Crippen LogP contribution >= 0.6 is 0 Å².